The van der Waals surface area contributed by atoms with Gasteiger partial charge in [0.05, 0.1) is 20.3 Å². The van der Waals surface area contributed by atoms with Gasteiger partial charge < -0.3 is 14.6 Å². The molecule has 0 aliphatic rings. The molecule has 0 spiro atoms. The van der Waals surface area contributed by atoms with Crippen LogP contribution in [0.15, 0.2) is 35.0 Å². The SMILES string of the molecule is COc1ccc(CC(O)c2ccsc2)cc1OC. The average Bonchev–Trinajstić information content (AvgIpc) is 2.92. The Hall–Kier alpha value is -1.52. The quantitative estimate of drug-likeness (QED) is 0.902. The first-order chi connectivity index (χ1) is 8.74. The zero-order valence-corrected chi connectivity index (χ0v) is 11.2. The van der Waals surface area contributed by atoms with E-state index in [1.165, 1.54) is 0 Å². The number of rotatable bonds is 5. The van der Waals surface area contributed by atoms with E-state index < -0.39 is 6.10 Å². The number of hydrogen-bond donors (Lipinski definition) is 1. The maximum absolute atomic E-state index is 10.1. The second-order valence-electron chi connectivity index (χ2n) is 3.97. The summed E-state index contributed by atoms with van der Waals surface area (Å²) in [5.74, 6) is 1.39. The second kappa shape index (κ2) is 5.89. The van der Waals surface area contributed by atoms with E-state index in [9.17, 15) is 5.11 Å². The molecular formula is C14H16O3S. The van der Waals surface area contributed by atoms with Gasteiger partial charge in [-0.15, -0.1) is 0 Å². The molecule has 0 fully saturated rings. The molecule has 0 amide bonds. The van der Waals surface area contributed by atoms with Crippen molar-refractivity contribution in [2.75, 3.05) is 14.2 Å². The number of benzene rings is 1. The maximum Gasteiger partial charge on any atom is 0.160 e. The lowest BCUT2D eigenvalue weighted by atomic mass is 10.0. The van der Waals surface area contributed by atoms with Crippen molar-refractivity contribution >= 4 is 11.3 Å². The number of ether oxygens (including phenoxy) is 2. The van der Waals surface area contributed by atoms with Crippen molar-refractivity contribution in [3.63, 3.8) is 0 Å². The van der Waals surface area contributed by atoms with Crippen LogP contribution in [0.25, 0.3) is 0 Å². The molecule has 18 heavy (non-hydrogen) atoms. The Balaban J connectivity index is 2.14. The number of aliphatic hydroxyl groups is 1. The smallest absolute Gasteiger partial charge is 0.160 e. The van der Waals surface area contributed by atoms with Gasteiger partial charge in [0.25, 0.3) is 0 Å². The summed E-state index contributed by atoms with van der Waals surface area (Å²) in [5, 5.41) is 14.0. The fourth-order valence-corrected chi connectivity index (χ4v) is 2.52. The highest BCUT2D eigenvalue weighted by molar-refractivity contribution is 7.07. The molecule has 0 radical (unpaired) electrons. The summed E-state index contributed by atoms with van der Waals surface area (Å²) >= 11 is 1.59. The lowest BCUT2D eigenvalue weighted by Gasteiger charge is -2.12. The predicted molar refractivity (Wildman–Crippen MR) is 72.5 cm³/mol. The molecule has 0 bridgehead atoms. The first kappa shape index (κ1) is 12.9. The normalized spacial score (nSPS) is 12.2. The van der Waals surface area contributed by atoms with Gasteiger partial charge in [0.2, 0.25) is 0 Å². The summed E-state index contributed by atoms with van der Waals surface area (Å²) < 4.78 is 10.4. The Morgan fingerprint density at radius 2 is 1.94 bits per heavy atom. The molecule has 1 heterocycles. The van der Waals surface area contributed by atoms with E-state index in [1.807, 2.05) is 35.0 Å². The van der Waals surface area contributed by atoms with Crippen LogP contribution in [-0.2, 0) is 6.42 Å². The van der Waals surface area contributed by atoms with Crippen molar-refractivity contribution in [2.24, 2.45) is 0 Å². The third kappa shape index (κ3) is 2.83. The Kier molecular flexibility index (Phi) is 4.23. The number of aliphatic hydroxyl groups excluding tert-OH is 1. The van der Waals surface area contributed by atoms with E-state index in [1.54, 1.807) is 25.6 Å². The zero-order chi connectivity index (χ0) is 13.0. The molecule has 0 saturated carbocycles. The van der Waals surface area contributed by atoms with Gasteiger partial charge in [-0.25, -0.2) is 0 Å². The lowest BCUT2D eigenvalue weighted by Crippen LogP contribution is -2.01. The number of thiophene rings is 1. The summed E-state index contributed by atoms with van der Waals surface area (Å²) in [7, 11) is 3.22. The molecule has 96 valence electrons. The van der Waals surface area contributed by atoms with Gasteiger partial charge in [-0.3, -0.25) is 0 Å². The Morgan fingerprint density at radius 3 is 2.56 bits per heavy atom. The van der Waals surface area contributed by atoms with Crippen LogP contribution >= 0.6 is 11.3 Å². The Morgan fingerprint density at radius 1 is 1.17 bits per heavy atom. The molecule has 2 aromatic rings. The minimum atomic E-state index is -0.477. The highest BCUT2D eigenvalue weighted by atomic mass is 32.1. The van der Waals surface area contributed by atoms with Crippen LogP contribution < -0.4 is 9.47 Å². The van der Waals surface area contributed by atoms with E-state index in [4.69, 9.17) is 9.47 Å². The molecule has 3 nitrogen and oxygen atoms in total. The van der Waals surface area contributed by atoms with Crippen LogP contribution in [0.3, 0.4) is 0 Å². The van der Waals surface area contributed by atoms with Gasteiger partial charge in [-0.2, -0.15) is 11.3 Å². The minimum absolute atomic E-state index is 0.477. The van der Waals surface area contributed by atoms with Crippen LogP contribution in [0.5, 0.6) is 11.5 Å². The standard InChI is InChI=1S/C14H16O3S/c1-16-13-4-3-10(8-14(13)17-2)7-12(15)11-5-6-18-9-11/h3-6,8-9,12,15H,7H2,1-2H3. The maximum atomic E-state index is 10.1. The molecule has 1 aromatic carbocycles. The molecule has 2 rings (SSSR count). The van der Waals surface area contributed by atoms with Crippen LogP contribution in [-0.4, -0.2) is 19.3 Å². The molecule has 0 aliphatic heterocycles. The third-order valence-corrected chi connectivity index (χ3v) is 3.51. The van der Waals surface area contributed by atoms with Crippen molar-refractivity contribution in [2.45, 2.75) is 12.5 Å². The monoisotopic (exact) mass is 264 g/mol. The topological polar surface area (TPSA) is 38.7 Å². The Bertz CT molecular complexity index is 494. The summed E-state index contributed by atoms with van der Waals surface area (Å²) in [6.45, 7) is 0. The highest BCUT2D eigenvalue weighted by Crippen LogP contribution is 2.29. The molecule has 0 saturated heterocycles. The van der Waals surface area contributed by atoms with E-state index >= 15 is 0 Å². The summed E-state index contributed by atoms with van der Waals surface area (Å²) in [5.41, 5.74) is 1.97. The van der Waals surface area contributed by atoms with Crippen LogP contribution in [0, 0.1) is 0 Å². The van der Waals surface area contributed by atoms with E-state index in [2.05, 4.69) is 0 Å². The van der Waals surface area contributed by atoms with Crippen molar-refractivity contribution in [3.8, 4) is 11.5 Å². The molecular weight excluding hydrogens is 248 g/mol. The van der Waals surface area contributed by atoms with E-state index in [-0.39, 0.29) is 0 Å². The van der Waals surface area contributed by atoms with E-state index in [0.717, 1.165) is 11.1 Å². The Labute approximate surface area is 111 Å². The predicted octanol–water partition coefficient (Wildman–Crippen LogP) is 3.04. The summed E-state index contributed by atoms with van der Waals surface area (Å²) in [6, 6.07) is 7.63. The summed E-state index contributed by atoms with van der Waals surface area (Å²) in [4.78, 5) is 0. The van der Waals surface area contributed by atoms with Crippen molar-refractivity contribution in [1.29, 1.82) is 0 Å². The van der Waals surface area contributed by atoms with Crippen LogP contribution in [0.4, 0.5) is 0 Å². The largest absolute Gasteiger partial charge is 0.493 e. The van der Waals surface area contributed by atoms with Crippen molar-refractivity contribution < 1.29 is 14.6 Å². The third-order valence-electron chi connectivity index (χ3n) is 2.80. The highest BCUT2D eigenvalue weighted by Gasteiger charge is 2.11. The lowest BCUT2D eigenvalue weighted by molar-refractivity contribution is 0.179. The van der Waals surface area contributed by atoms with Crippen molar-refractivity contribution in [3.05, 3.63) is 46.2 Å². The fraction of sp³-hybridized carbons (Fsp3) is 0.286. The van der Waals surface area contributed by atoms with Gasteiger partial charge in [0.1, 0.15) is 0 Å². The number of hydrogen-bond acceptors (Lipinski definition) is 4. The number of methoxy groups -OCH3 is 2. The van der Waals surface area contributed by atoms with Crippen LogP contribution in [0.2, 0.25) is 0 Å². The van der Waals surface area contributed by atoms with Gasteiger partial charge in [0, 0.05) is 6.42 Å². The molecule has 0 aliphatic carbocycles. The van der Waals surface area contributed by atoms with Gasteiger partial charge in [0.15, 0.2) is 11.5 Å². The fourth-order valence-electron chi connectivity index (χ4n) is 1.81. The second-order valence-corrected chi connectivity index (χ2v) is 4.75. The van der Waals surface area contributed by atoms with Crippen molar-refractivity contribution in [1.82, 2.24) is 0 Å². The van der Waals surface area contributed by atoms with Gasteiger partial charge in [-0.1, -0.05) is 6.07 Å². The van der Waals surface area contributed by atoms with Crippen LogP contribution in [0.1, 0.15) is 17.2 Å². The zero-order valence-electron chi connectivity index (χ0n) is 10.4. The van der Waals surface area contributed by atoms with Gasteiger partial charge >= 0.3 is 0 Å². The molecule has 1 unspecified atom stereocenters. The molecule has 1 N–H and O–H groups in total. The minimum Gasteiger partial charge on any atom is -0.493 e. The van der Waals surface area contributed by atoms with Gasteiger partial charge in [-0.05, 0) is 40.1 Å². The average molecular weight is 264 g/mol. The first-order valence-electron chi connectivity index (χ1n) is 5.65. The van der Waals surface area contributed by atoms with E-state index in [0.29, 0.717) is 17.9 Å². The molecule has 1 aromatic heterocycles. The first-order valence-corrected chi connectivity index (χ1v) is 6.60. The molecule has 1 atom stereocenters. The molecule has 4 heteroatoms. The summed E-state index contributed by atoms with van der Waals surface area (Å²) in [6.07, 6.45) is 0.0891.